The highest BCUT2D eigenvalue weighted by Crippen LogP contribution is 2.18. The maximum Gasteiger partial charge on any atom is 0.254 e. The van der Waals surface area contributed by atoms with E-state index in [0.717, 1.165) is 31.2 Å². The predicted octanol–water partition coefficient (Wildman–Crippen LogP) is 1.04. The Hall–Kier alpha value is -2.61. The number of carbonyl (C=O) groups is 2. The zero-order chi connectivity index (χ0) is 22.4. The standard InChI is InChI=1S/C23H36N6O2/c1-5-24-23(27-20-14-29(16(2)3)13-17(20)4)26-12-18-6-8-19(9-7-18)22(31)28-11-10-25-21(30)15-28/h6-9,16-17,20H,5,10-15H2,1-4H3,(H,25,30)(H2,24,26,27). The lowest BCUT2D eigenvalue weighted by molar-refractivity contribution is -0.123. The third-order valence-corrected chi connectivity index (χ3v) is 5.98. The van der Waals surface area contributed by atoms with Crippen LogP contribution in [0.4, 0.5) is 0 Å². The van der Waals surface area contributed by atoms with Gasteiger partial charge in [0.2, 0.25) is 5.91 Å². The smallest absolute Gasteiger partial charge is 0.254 e. The highest BCUT2D eigenvalue weighted by atomic mass is 16.2. The summed E-state index contributed by atoms with van der Waals surface area (Å²) in [6.07, 6.45) is 0. The fraction of sp³-hybridized carbons (Fsp3) is 0.609. The van der Waals surface area contributed by atoms with Gasteiger partial charge in [-0.2, -0.15) is 0 Å². The summed E-state index contributed by atoms with van der Waals surface area (Å²) in [6.45, 7) is 13.5. The summed E-state index contributed by atoms with van der Waals surface area (Å²) < 4.78 is 0. The molecule has 0 radical (unpaired) electrons. The quantitative estimate of drug-likeness (QED) is 0.465. The van der Waals surface area contributed by atoms with Crippen molar-refractivity contribution in [1.82, 2.24) is 25.8 Å². The molecule has 2 fully saturated rings. The maximum absolute atomic E-state index is 12.6. The number of aliphatic imine (C=N–C) groups is 1. The molecular formula is C23H36N6O2. The first-order valence-corrected chi connectivity index (χ1v) is 11.3. The SMILES string of the molecule is CCNC(=NCc1ccc(C(=O)N2CCNC(=O)C2)cc1)NC1CN(C(C)C)CC1C. The van der Waals surface area contributed by atoms with Crippen LogP contribution in [-0.2, 0) is 11.3 Å². The van der Waals surface area contributed by atoms with Crippen LogP contribution in [0.15, 0.2) is 29.3 Å². The first-order valence-electron chi connectivity index (χ1n) is 11.3. The van der Waals surface area contributed by atoms with Crippen LogP contribution in [-0.4, -0.2) is 78.9 Å². The fourth-order valence-corrected chi connectivity index (χ4v) is 4.03. The van der Waals surface area contributed by atoms with Crippen LogP contribution in [0.3, 0.4) is 0 Å². The lowest BCUT2D eigenvalue weighted by Gasteiger charge is -2.26. The number of carbonyl (C=O) groups excluding carboxylic acids is 2. The molecule has 3 N–H and O–H groups in total. The second-order valence-electron chi connectivity index (χ2n) is 8.74. The van der Waals surface area contributed by atoms with E-state index in [4.69, 9.17) is 4.99 Å². The molecule has 170 valence electrons. The average molecular weight is 429 g/mol. The molecule has 2 aliphatic heterocycles. The molecule has 8 heteroatoms. The lowest BCUT2D eigenvalue weighted by atomic mass is 10.1. The Kier molecular flexibility index (Phi) is 7.90. The van der Waals surface area contributed by atoms with Gasteiger partial charge in [0.25, 0.3) is 5.91 Å². The summed E-state index contributed by atoms with van der Waals surface area (Å²) >= 11 is 0. The van der Waals surface area contributed by atoms with Crippen LogP contribution in [0.1, 0.15) is 43.6 Å². The Morgan fingerprint density at radius 2 is 2.00 bits per heavy atom. The van der Waals surface area contributed by atoms with Gasteiger partial charge >= 0.3 is 0 Å². The highest BCUT2D eigenvalue weighted by molar-refractivity contribution is 5.97. The molecule has 0 bridgehead atoms. The van der Waals surface area contributed by atoms with E-state index in [2.05, 4.69) is 48.5 Å². The molecule has 2 unspecified atom stereocenters. The Morgan fingerprint density at radius 1 is 1.26 bits per heavy atom. The van der Waals surface area contributed by atoms with E-state index >= 15 is 0 Å². The van der Waals surface area contributed by atoms with E-state index in [0.29, 0.717) is 43.2 Å². The van der Waals surface area contributed by atoms with E-state index < -0.39 is 0 Å². The van der Waals surface area contributed by atoms with Crippen molar-refractivity contribution in [3.05, 3.63) is 35.4 Å². The molecule has 0 saturated carbocycles. The summed E-state index contributed by atoms with van der Waals surface area (Å²) in [7, 11) is 0. The van der Waals surface area contributed by atoms with Crippen molar-refractivity contribution in [2.24, 2.45) is 10.9 Å². The van der Waals surface area contributed by atoms with Gasteiger partial charge in [0, 0.05) is 50.4 Å². The minimum absolute atomic E-state index is 0.107. The summed E-state index contributed by atoms with van der Waals surface area (Å²) in [5, 5.41) is 9.68. The molecule has 1 aromatic rings. The highest BCUT2D eigenvalue weighted by Gasteiger charge is 2.31. The molecule has 2 saturated heterocycles. The summed E-state index contributed by atoms with van der Waals surface area (Å²) in [4.78, 5) is 33.0. The number of benzene rings is 1. The summed E-state index contributed by atoms with van der Waals surface area (Å²) in [6, 6.07) is 8.43. The van der Waals surface area contributed by atoms with Gasteiger partial charge in [-0.15, -0.1) is 0 Å². The van der Waals surface area contributed by atoms with Crippen molar-refractivity contribution < 1.29 is 9.59 Å². The Balaban J connectivity index is 1.59. The number of piperazine rings is 1. The molecule has 1 aromatic carbocycles. The van der Waals surface area contributed by atoms with Gasteiger partial charge in [-0.05, 0) is 44.4 Å². The number of nitrogens with one attached hydrogen (secondary N) is 3. The van der Waals surface area contributed by atoms with Crippen molar-refractivity contribution in [2.75, 3.05) is 39.3 Å². The zero-order valence-electron chi connectivity index (χ0n) is 19.1. The van der Waals surface area contributed by atoms with Crippen LogP contribution >= 0.6 is 0 Å². The molecule has 2 atom stereocenters. The van der Waals surface area contributed by atoms with Crippen molar-refractivity contribution in [3.8, 4) is 0 Å². The third-order valence-electron chi connectivity index (χ3n) is 5.98. The van der Waals surface area contributed by atoms with Gasteiger partial charge in [-0.3, -0.25) is 14.5 Å². The van der Waals surface area contributed by atoms with Crippen molar-refractivity contribution in [3.63, 3.8) is 0 Å². The number of nitrogens with zero attached hydrogens (tertiary/aromatic N) is 3. The first-order chi connectivity index (χ1) is 14.9. The number of guanidine groups is 1. The van der Waals surface area contributed by atoms with Gasteiger partial charge in [0.15, 0.2) is 5.96 Å². The Morgan fingerprint density at radius 3 is 2.61 bits per heavy atom. The summed E-state index contributed by atoms with van der Waals surface area (Å²) in [5.74, 6) is 1.17. The second kappa shape index (κ2) is 10.6. The molecule has 8 nitrogen and oxygen atoms in total. The molecule has 0 spiro atoms. The minimum atomic E-state index is -0.109. The molecule has 2 amide bonds. The molecule has 2 heterocycles. The van der Waals surface area contributed by atoms with Gasteiger partial charge < -0.3 is 20.9 Å². The van der Waals surface area contributed by atoms with Crippen LogP contribution in [0, 0.1) is 5.92 Å². The topological polar surface area (TPSA) is 89.1 Å². The number of hydrogen-bond donors (Lipinski definition) is 3. The van der Waals surface area contributed by atoms with E-state index in [9.17, 15) is 9.59 Å². The molecular weight excluding hydrogens is 392 g/mol. The summed E-state index contributed by atoms with van der Waals surface area (Å²) in [5.41, 5.74) is 1.63. The third kappa shape index (κ3) is 6.19. The van der Waals surface area contributed by atoms with Crippen molar-refractivity contribution in [1.29, 1.82) is 0 Å². The van der Waals surface area contributed by atoms with E-state index in [-0.39, 0.29) is 18.4 Å². The van der Waals surface area contributed by atoms with Crippen LogP contribution in [0.5, 0.6) is 0 Å². The number of hydrogen-bond acceptors (Lipinski definition) is 4. The minimum Gasteiger partial charge on any atom is -0.357 e. The number of amides is 2. The Labute approximate surface area is 185 Å². The van der Waals surface area contributed by atoms with Gasteiger partial charge in [0.1, 0.15) is 0 Å². The normalized spacial score (nSPS) is 22.5. The molecule has 31 heavy (non-hydrogen) atoms. The lowest BCUT2D eigenvalue weighted by Crippen LogP contribution is -2.49. The molecule has 2 aliphatic rings. The average Bonchev–Trinajstić information content (AvgIpc) is 3.12. The van der Waals surface area contributed by atoms with E-state index in [1.807, 2.05) is 24.3 Å². The van der Waals surface area contributed by atoms with Crippen LogP contribution in [0.25, 0.3) is 0 Å². The second-order valence-corrected chi connectivity index (χ2v) is 8.74. The fourth-order valence-electron chi connectivity index (χ4n) is 4.03. The van der Waals surface area contributed by atoms with Gasteiger partial charge in [-0.25, -0.2) is 4.99 Å². The van der Waals surface area contributed by atoms with Gasteiger partial charge in [0.05, 0.1) is 13.1 Å². The monoisotopic (exact) mass is 428 g/mol. The van der Waals surface area contributed by atoms with E-state index in [1.54, 1.807) is 4.90 Å². The van der Waals surface area contributed by atoms with E-state index in [1.165, 1.54) is 0 Å². The van der Waals surface area contributed by atoms with Crippen LogP contribution in [0.2, 0.25) is 0 Å². The van der Waals surface area contributed by atoms with Gasteiger partial charge in [-0.1, -0.05) is 19.1 Å². The zero-order valence-corrected chi connectivity index (χ0v) is 19.1. The van der Waals surface area contributed by atoms with Crippen molar-refractivity contribution >= 4 is 17.8 Å². The Bertz CT molecular complexity index is 792. The maximum atomic E-state index is 12.6. The van der Waals surface area contributed by atoms with Crippen LogP contribution < -0.4 is 16.0 Å². The molecule has 3 rings (SSSR count). The largest absolute Gasteiger partial charge is 0.357 e. The predicted molar refractivity (Wildman–Crippen MR) is 123 cm³/mol. The molecule has 0 aromatic heterocycles. The first kappa shape index (κ1) is 23.1. The number of rotatable bonds is 6. The molecule has 0 aliphatic carbocycles. The number of likely N-dealkylation sites (tertiary alicyclic amines) is 1. The van der Waals surface area contributed by atoms with Crippen molar-refractivity contribution in [2.45, 2.75) is 46.3 Å².